The number of benzene rings is 1. The van der Waals surface area contributed by atoms with E-state index in [2.05, 4.69) is 6.58 Å². The van der Waals surface area contributed by atoms with E-state index in [1.165, 1.54) is 0 Å². The molecule has 1 unspecified atom stereocenters. The fourth-order valence-electron chi connectivity index (χ4n) is 5.39. The smallest absolute Gasteiger partial charge is 0.115 e. The van der Waals surface area contributed by atoms with Crippen molar-refractivity contribution in [2.45, 2.75) is 75.7 Å². The Kier molecular flexibility index (Phi) is 8.94. The fourth-order valence-corrected chi connectivity index (χ4v) is 5.57. The van der Waals surface area contributed by atoms with E-state index in [1.54, 1.807) is 18.2 Å². The summed E-state index contributed by atoms with van der Waals surface area (Å²) in [5.74, 6) is 0.809. The van der Waals surface area contributed by atoms with Crippen molar-refractivity contribution < 1.29 is 34.6 Å². The molecule has 0 amide bonds. The Morgan fingerprint density at radius 2 is 1.86 bits per heavy atom. The molecule has 4 N–H and O–H groups in total. The molecule has 1 aromatic rings. The van der Waals surface area contributed by atoms with Crippen molar-refractivity contribution in [2.24, 2.45) is 5.41 Å². The molecule has 0 bridgehead atoms. The minimum absolute atomic E-state index is 0.233. The van der Waals surface area contributed by atoms with Gasteiger partial charge in [-0.2, -0.15) is 0 Å². The van der Waals surface area contributed by atoms with Gasteiger partial charge in [0.25, 0.3) is 0 Å². The van der Waals surface area contributed by atoms with Gasteiger partial charge in [-0.05, 0) is 73.8 Å². The topological polar surface area (TPSA) is 109 Å². The van der Waals surface area contributed by atoms with Gasteiger partial charge < -0.3 is 34.6 Å². The number of hydrogen-bond donors (Lipinski definition) is 4. The molecule has 1 aromatic carbocycles. The van der Waals surface area contributed by atoms with E-state index >= 15 is 0 Å². The molecular weight excluding hydrogens is 484 g/mol. The van der Waals surface area contributed by atoms with E-state index < -0.39 is 37.1 Å². The maximum atomic E-state index is 10.5. The van der Waals surface area contributed by atoms with Gasteiger partial charge in [-0.25, -0.2) is 0 Å². The van der Waals surface area contributed by atoms with E-state index in [-0.39, 0.29) is 6.10 Å². The predicted octanol–water partition coefficient (Wildman–Crippen LogP) is 3.39. The minimum Gasteiger partial charge on any atom is -0.491 e. The molecule has 2 heterocycles. The van der Waals surface area contributed by atoms with Crippen LogP contribution in [0, 0.1) is 5.41 Å². The van der Waals surface area contributed by atoms with Crippen molar-refractivity contribution in [2.75, 3.05) is 19.8 Å². The van der Waals surface area contributed by atoms with Gasteiger partial charge in [-0.1, -0.05) is 42.0 Å². The second-order valence-corrected chi connectivity index (χ2v) is 10.6. The second-order valence-electron chi connectivity index (χ2n) is 10.2. The van der Waals surface area contributed by atoms with Crippen molar-refractivity contribution in [3.05, 3.63) is 70.5 Å². The summed E-state index contributed by atoms with van der Waals surface area (Å²) in [5.41, 5.74) is 2.59. The molecule has 0 aromatic heterocycles. The number of rotatable bonds is 8. The molecule has 3 aliphatic rings. The van der Waals surface area contributed by atoms with Crippen LogP contribution < -0.4 is 0 Å². The zero-order valence-electron chi connectivity index (χ0n) is 20.7. The molecule has 2 saturated heterocycles. The molecule has 0 radical (unpaired) electrons. The number of aliphatic hydroxyl groups excluding tert-OH is 4. The lowest BCUT2D eigenvalue weighted by Gasteiger charge is -2.49. The van der Waals surface area contributed by atoms with Gasteiger partial charge in [0.15, 0.2) is 0 Å². The first kappa shape index (κ1) is 27.3. The Morgan fingerprint density at radius 1 is 1.14 bits per heavy atom. The van der Waals surface area contributed by atoms with E-state index in [0.717, 1.165) is 55.8 Å². The molecule has 7 nitrogen and oxygen atoms in total. The van der Waals surface area contributed by atoms with Crippen LogP contribution in [0.5, 0.6) is 0 Å². The molecule has 36 heavy (non-hydrogen) atoms. The van der Waals surface area contributed by atoms with Gasteiger partial charge in [0, 0.05) is 18.2 Å². The quantitative estimate of drug-likeness (QED) is 0.307. The first-order valence-electron chi connectivity index (χ1n) is 12.6. The maximum absolute atomic E-state index is 10.5. The van der Waals surface area contributed by atoms with Gasteiger partial charge in [0.05, 0.1) is 12.7 Å². The zero-order chi connectivity index (χ0) is 25.9. The van der Waals surface area contributed by atoms with Crippen LogP contribution in [0.2, 0.25) is 5.02 Å². The predicted molar refractivity (Wildman–Crippen MR) is 137 cm³/mol. The van der Waals surface area contributed by atoms with Crippen LogP contribution in [0.3, 0.4) is 0 Å². The molecule has 8 heteroatoms. The second kappa shape index (κ2) is 11.8. The van der Waals surface area contributed by atoms with Crippen molar-refractivity contribution in [1.29, 1.82) is 0 Å². The summed E-state index contributed by atoms with van der Waals surface area (Å²) < 4.78 is 17.4. The minimum atomic E-state index is -1.44. The van der Waals surface area contributed by atoms with Crippen LogP contribution in [-0.2, 0) is 20.6 Å². The first-order valence-corrected chi connectivity index (χ1v) is 13.0. The monoisotopic (exact) mass is 520 g/mol. The lowest BCUT2D eigenvalue weighted by Crippen LogP contribution is -2.55. The average molecular weight is 521 g/mol. The van der Waals surface area contributed by atoms with Gasteiger partial charge in [-0.15, -0.1) is 0 Å². The highest BCUT2D eigenvalue weighted by Crippen LogP contribution is 2.50. The summed E-state index contributed by atoms with van der Waals surface area (Å²) in [4.78, 5) is 0. The Morgan fingerprint density at radius 3 is 2.53 bits per heavy atom. The van der Waals surface area contributed by atoms with Crippen molar-refractivity contribution in [3.8, 4) is 0 Å². The highest BCUT2D eigenvalue weighted by Gasteiger charge is 2.46. The molecule has 3 fully saturated rings. The van der Waals surface area contributed by atoms with E-state index in [0.29, 0.717) is 22.4 Å². The van der Waals surface area contributed by atoms with Crippen molar-refractivity contribution >= 4 is 11.6 Å². The third-order valence-electron chi connectivity index (χ3n) is 7.65. The molecule has 1 saturated carbocycles. The first-order chi connectivity index (χ1) is 17.2. The molecular formula is C28H37ClO7. The molecule has 4 rings (SSSR count). The summed E-state index contributed by atoms with van der Waals surface area (Å²) in [6.07, 6.45) is 4.80. The van der Waals surface area contributed by atoms with Crippen LogP contribution in [-0.4, -0.2) is 70.8 Å². The highest BCUT2D eigenvalue weighted by atomic mass is 35.5. The summed E-state index contributed by atoms with van der Waals surface area (Å²) in [6.45, 7) is 7.33. The fraction of sp³-hybridized carbons (Fsp3) is 0.571. The van der Waals surface area contributed by atoms with Gasteiger partial charge >= 0.3 is 0 Å². The van der Waals surface area contributed by atoms with Crippen molar-refractivity contribution in [3.63, 3.8) is 0 Å². The van der Waals surface area contributed by atoms with Gasteiger partial charge in [0.2, 0.25) is 0 Å². The molecule has 1 aliphatic carbocycles. The van der Waals surface area contributed by atoms with E-state index in [1.807, 2.05) is 25.2 Å². The average Bonchev–Trinajstić information content (AvgIpc) is 2.86. The van der Waals surface area contributed by atoms with Crippen LogP contribution in [0.1, 0.15) is 49.8 Å². The number of hydrogen-bond acceptors (Lipinski definition) is 7. The molecule has 5 atom stereocenters. The molecule has 1 spiro atoms. The number of ether oxygens (including phenoxy) is 3. The summed E-state index contributed by atoms with van der Waals surface area (Å²) in [7, 11) is 0. The third kappa shape index (κ3) is 6.05. The maximum Gasteiger partial charge on any atom is 0.115 e. The lowest BCUT2D eigenvalue weighted by molar-refractivity contribution is -0.231. The van der Waals surface area contributed by atoms with Gasteiger partial charge in [0.1, 0.15) is 36.3 Å². The largest absolute Gasteiger partial charge is 0.491 e. The van der Waals surface area contributed by atoms with Crippen molar-refractivity contribution in [1.82, 2.24) is 0 Å². The number of halogens is 1. The molecule has 2 aliphatic heterocycles. The van der Waals surface area contributed by atoms with E-state index in [9.17, 15) is 20.4 Å². The Balaban J connectivity index is 1.36. The summed E-state index contributed by atoms with van der Waals surface area (Å²) in [6, 6.07) is 5.20. The summed E-state index contributed by atoms with van der Waals surface area (Å²) >= 11 is 6.44. The lowest BCUT2D eigenvalue weighted by atomic mass is 9.62. The van der Waals surface area contributed by atoms with Gasteiger partial charge in [-0.3, -0.25) is 0 Å². The molecule has 198 valence electrons. The number of aliphatic hydroxyl groups is 4. The van der Waals surface area contributed by atoms with Crippen LogP contribution >= 0.6 is 11.6 Å². The standard InChI is InChI=1S/C28H37ClO7/c1-3-20(35-21-14-28(15-21)8-10-34-11-9-28)6-4-17(2)12-19-13-18(5-7-22(19)29)27-26(33)25(32)24(31)23(16-30)36-27/h3-7,13,21,23-27,30-33H,2,8-12,14-16H2,1H3/b6-4-,20-3+/t23-,24-,25+,26-,27?/m1/s1. The van der Waals surface area contributed by atoms with Crippen LogP contribution in [0.15, 0.2) is 54.3 Å². The normalized spacial score (nSPS) is 30.9. The number of allylic oxidation sites excluding steroid dienone is 4. The van der Waals surface area contributed by atoms with Crippen LogP contribution in [0.4, 0.5) is 0 Å². The third-order valence-corrected chi connectivity index (χ3v) is 8.02. The highest BCUT2D eigenvalue weighted by molar-refractivity contribution is 6.31. The Bertz CT molecular complexity index is 974. The van der Waals surface area contributed by atoms with Crippen LogP contribution in [0.25, 0.3) is 0 Å². The SMILES string of the molecule is C=C(/C=C\C(=C/C)OC1CC2(CCOCC2)C1)Cc1cc(C2O[C@H](CO)[C@@H](O)[C@H](O)[C@H]2O)ccc1Cl. The summed E-state index contributed by atoms with van der Waals surface area (Å²) in [5, 5.41) is 40.7. The Hall–Kier alpha value is -1.71. The Labute approximate surface area is 217 Å². The zero-order valence-corrected chi connectivity index (χ0v) is 21.4. The van der Waals surface area contributed by atoms with E-state index in [4.69, 9.17) is 25.8 Å².